The molecule has 5 nitrogen and oxygen atoms in total. The Morgan fingerprint density at radius 1 is 1.41 bits per heavy atom. The molecule has 0 saturated carbocycles. The van der Waals surface area contributed by atoms with Gasteiger partial charge in [0.25, 0.3) is 5.91 Å². The van der Waals surface area contributed by atoms with Gasteiger partial charge in [-0.3, -0.25) is 4.79 Å². The summed E-state index contributed by atoms with van der Waals surface area (Å²) in [5.74, 6) is 0.909. The van der Waals surface area contributed by atoms with E-state index in [1.54, 1.807) is 12.3 Å². The van der Waals surface area contributed by atoms with E-state index in [0.717, 1.165) is 51.2 Å². The van der Waals surface area contributed by atoms with Gasteiger partial charge in [-0.1, -0.05) is 6.92 Å². The number of carbonyl (C=O) groups excluding carboxylic acids is 1. The van der Waals surface area contributed by atoms with Crippen molar-refractivity contribution in [3.63, 3.8) is 0 Å². The van der Waals surface area contributed by atoms with Crippen LogP contribution in [0.4, 0.5) is 5.82 Å². The third-order valence-corrected chi connectivity index (χ3v) is 3.97. The Morgan fingerprint density at radius 3 is 2.95 bits per heavy atom. The van der Waals surface area contributed by atoms with Crippen molar-refractivity contribution in [2.75, 3.05) is 38.7 Å². The van der Waals surface area contributed by atoms with Gasteiger partial charge in [0.2, 0.25) is 0 Å². The van der Waals surface area contributed by atoms with Crippen molar-refractivity contribution >= 4 is 11.7 Å². The average molecular weight is 305 g/mol. The Morgan fingerprint density at radius 2 is 2.23 bits per heavy atom. The number of aromatic nitrogens is 1. The maximum absolute atomic E-state index is 12.7. The first-order valence-corrected chi connectivity index (χ1v) is 8.16. The average Bonchev–Trinajstić information content (AvgIpc) is 2.78. The van der Waals surface area contributed by atoms with Crippen LogP contribution in [0.15, 0.2) is 18.3 Å². The van der Waals surface area contributed by atoms with Gasteiger partial charge in [-0.25, -0.2) is 4.98 Å². The highest BCUT2D eigenvalue weighted by molar-refractivity contribution is 5.94. The van der Waals surface area contributed by atoms with Crippen LogP contribution in [0.25, 0.3) is 0 Å². The highest BCUT2D eigenvalue weighted by Gasteiger charge is 2.22. The van der Waals surface area contributed by atoms with Gasteiger partial charge in [0.15, 0.2) is 0 Å². The predicted octanol–water partition coefficient (Wildman–Crippen LogP) is 2.57. The standard InChI is InChI=1S/C17H27N3O2/c1-4-12-22-15-6-5-10-20(11-8-15)17(21)14-7-9-18-16(13-14)19(2)3/h7,9,13,15H,4-6,8,10-12H2,1-3H3. The molecule has 1 fully saturated rings. The first kappa shape index (κ1) is 16.7. The topological polar surface area (TPSA) is 45.7 Å². The molecule has 1 aromatic rings. The van der Waals surface area contributed by atoms with Crippen LogP contribution in [0.2, 0.25) is 0 Å². The molecule has 1 aliphatic heterocycles. The summed E-state index contributed by atoms with van der Waals surface area (Å²) in [6, 6.07) is 3.66. The number of hydrogen-bond acceptors (Lipinski definition) is 4. The summed E-state index contributed by atoms with van der Waals surface area (Å²) in [6.45, 7) is 4.52. The Hall–Kier alpha value is -1.62. The lowest BCUT2D eigenvalue weighted by molar-refractivity contribution is 0.0432. The fourth-order valence-electron chi connectivity index (χ4n) is 2.70. The van der Waals surface area contributed by atoms with Crippen molar-refractivity contribution in [3.8, 4) is 0 Å². The molecule has 1 aliphatic rings. The highest BCUT2D eigenvalue weighted by atomic mass is 16.5. The van der Waals surface area contributed by atoms with Crippen LogP contribution < -0.4 is 4.90 Å². The zero-order valence-corrected chi connectivity index (χ0v) is 13.9. The van der Waals surface area contributed by atoms with Crippen LogP contribution in [0.1, 0.15) is 43.0 Å². The van der Waals surface area contributed by atoms with E-state index < -0.39 is 0 Å². The number of anilines is 1. The van der Waals surface area contributed by atoms with Gasteiger partial charge in [-0.05, 0) is 37.8 Å². The van der Waals surface area contributed by atoms with Crippen LogP contribution >= 0.6 is 0 Å². The molecular weight excluding hydrogens is 278 g/mol. The van der Waals surface area contributed by atoms with Crippen LogP contribution in [0.5, 0.6) is 0 Å². The second-order valence-electron chi connectivity index (χ2n) is 6.01. The van der Waals surface area contributed by atoms with Crippen molar-refractivity contribution in [3.05, 3.63) is 23.9 Å². The van der Waals surface area contributed by atoms with Crippen LogP contribution in [-0.2, 0) is 4.74 Å². The van der Waals surface area contributed by atoms with Gasteiger partial charge in [0.1, 0.15) is 5.82 Å². The maximum Gasteiger partial charge on any atom is 0.254 e. The molecule has 1 atom stereocenters. The molecular formula is C17H27N3O2. The highest BCUT2D eigenvalue weighted by Crippen LogP contribution is 2.18. The molecule has 0 N–H and O–H groups in total. The zero-order chi connectivity index (χ0) is 15.9. The first-order valence-electron chi connectivity index (χ1n) is 8.16. The van der Waals surface area contributed by atoms with E-state index in [1.165, 1.54) is 0 Å². The number of carbonyl (C=O) groups is 1. The second-order valence-corrected chi connectivity index (χ2v) is 6.01. The van der Waals surface area contributed by atoms with Crippen LogP contribution in [-0.4, -0.2) is 55.7 Å². The van der Waals surface area contributed by atoms with Gasteiger partial charge in [0.05, 0.1) is 6.10 Å². The largest absolute Gasteiger partial charge is 0.378 e. The van der Waals surface area contributed by atoms with E-state index in [0.29, 0.717) is 11.7 Å². The molecule has 22 heavy (non-hydrogen) atoms. The Kier molecular flexibility index (Phi) is 6.19. The number of nitrogens with zero attached hydrogens (tertiary/aromatic N) is 3. The van der Waals surface area contributed by atoms with Gasteiger partial charge in [-0.15, -0.1) is 0 Å². The summed E-state index contributed by atoms with van der Waals surface area (Å²) in [5, 5.41) is 0. The number of hydrogen-bond donors (Lipinski definition) is 0. The van der Waals surface area contributed by atoms with E-state index in [4.69, 9.17) is 4.74 Å². The Bertz CT molecular complexity index is 491. The number of likely N-dealkylation sites (tertiary alicyclic amines) is 1. The smallest absolute Gasteiger partial charge is 0.254 e. The minimum absolute atomic E-state index is 0.0987. The molecule has 0 bridgehead atoms. The number of pyridine rings is 1. The Labute approximate surface area is 133 Å². The van der Waals surface area contributed by atoms with Gasteiger partial charge < -0.3 is 14.5 Å². The molecule has 5 heteroatoms. The molecule has 1 aromatic heterocycles. The van der Waals surface area contributed by atoms with Crippen LogP contribution in [0, 0.1) is 0 Å². The van der Waals surface area contributed by atoms with E-state index in [9.17, 15) is 4.79 Å². The van der Waals surface area contributed by atoms with Crippen molar-refractivity contribution in [1.82, 2.24) is 9.88 Å². The summed E-state index contributed by atoms with van der Waals surface area (Å²) in [7, 11) is 3.86. The summed E-state index contributed by atoms with van der Waals surface area (Å²) >= 11 is 0. The number of ether oxygens (including phenoxy) is 1. The van der Waals surface area contributed by atoms with E-state index in [2.05, 4.69) is 11.9 Å². The lowest BCUT2D eigenvalue weighted by atomic mass is 10.1. The van der Waals surface area contributed by atoms with Gasteiger partial charge in [0, 0.05) is 45.6 Å². The van der Waals surface area contributed by atoms with E-state index in [1.807, 2.05) is 30.0 Å². The molecule has 0 aliphatic carbocycles. The molecule has 2 rings (SSSR count). The fraction of sp³-hybridized carbons (Fsp3) is 0.647. The van der Waals surface area contributed by atoms with Crippen molar-refractivity contribution in [1.29, 1.82) is 0 Å². The molecule has 1 amide bonds. The fourth-order valence-corrected chi connectivity index (χ4v) is 2.70. The molecule has 0 radical (unpaired) electrons. The molecule has 1 saturated heterocycles. The third-order valence-electron chi connectivity index (χ3n) is 3.97. The predicted molar refractivity (Wildman–Crippen MR) is 88.3 cm³/mol. The lowest BCUT2D eigenvalue weighted by Crippen LogP contribution is -2.32. The van der Waals surface area contributed by atoms with Crippen molar-refractivity contribution in [2.24, 2.45) is 0 Å². The van der Waals surface area contributed by atoms with Gasteiger partial charge in [-0.2, -0.15) is 0 Å². The Balaban J connectivity index is 1.99. The summed E-state index contributed by atoms with van der Waals surface area (Å²) < 4.78 is 5.84. The molecule has 0 aromatic carbocycles. The number of amides is 1. The second kappa shape index (κ2) is 8.13. The monoisotopic (exact) mass is 305 g/mol. The lowest BCUT2D eigenvalue weighted by Gasteiger charge is -2.21. The van der Waals surface area contributed by atoms with E-state index >= 15 is 0 Å². The van der Waals surface area contributed by atoms with Gasteiger partial charge >= 0.3 is 0 Å². The number of rotatable bonds is 5. The maximum atomic E-state index is 12.7. The quantitative estimate of drug-likeness (QED) is 0.839. The summed E-state index contributed by atoms with van der Waals surface area (Å²) in [6.07, 6.45) is 6.02. The molecule has 0 spiro atoms. The third kappa shape index (κ3) is 4.44. The SMILES string of the molecule is CCCOC1CCCN(C(=O)c2ccnc(N(C)C)c2)CC1. The first-order chi connectivity index (χ1) is 10.6. The molecule has 2 heterocycles. The normalized spacial score (nSPS) is 18.9. The minimum atomic E-state index is 0.0987. The van der Waals surface area contributed by atoms with Crippen molar-refractivity contribution in [2.45, 2.75) is 38.7 Å². The van der Waals surface area contributed by atoms with Crippen LogP contribution in [0.3, 0.4) is 0 Å². The van der Waals surface area contributed by atoms with Crippen molar-refractivity contribution < 1.29 is 9.53 Å². The minimum Gasteiger partial charge on any atom is -0.378 e. The zero-order valence-electron chi connectivity index (χ0n) is 13.9. The molecule has 1 unspecified atom stereocenters. The van der Waals surface area contributed by atoms with E-state index in [-0.39, 0.29) is 5.91 Å². The summed E-state index contributed by atoms with van der Waals surface area (Å²) in [4.78, 5) is 20.8. The summed E-state index contributed by atoms with van der Waals surface area (Å²) in [5.41, 5.74) is 0.714. The molecule has 122 valence electrons.